The van der Waals surface area contributed by atoms with Crippen molar-refractivity contribution in [3.05, 3.63) is 46.3 Å². The zero-order valence-electron chi connectivity index (χ0n) is 13.9. The Balaban J connectivity index is 1.68. The molecule has 0 bridgehead atoms. The van der Waals surface area contributed by atoms with E-state index in [1.54, 1.807) is 12.4 Å². The summed E-state index contributed by atoms with van der Waals surface area (Å²) in [5.41, 5.74) is 2.17. The van der Waals surface area contributed by atoms with Crippen LogP contribution in [0.2, 0.25) is 0 Å². The molecule has 1 saturated heterocycles. The fourth-order valence-corrected chi connectivity index (χ4v) is 3.24. The number of carbonyl (C=O) groups excluding carboxylic acids is 1. The van der Waals surface area contributed by atoms with Crippen LogP contribution in [0.5, 0.6) is 0 Å². The van der Waals surface area contributed by atoms with Crippen molar-refractivity contribution < 1.29 is 4.79 Å². The lowest BCUT2D eigenvalue weighted by atomic mass is 10.0. The molecule has 126 valence electrons. The molecule has 1 unspecified atom stereocenters. The summed E-state index contributed by atoms with van der Waals surface area (Å²) < 4.78 is 0.959. The fraction of sp³-hybridized carbons (Fsp3) is 0.389. The first-order chi connectivity index (χ1) is 11.5. The van der Waals surface area contributed by atoms with Gasteiger partial charge in [0.25, 0.3) is 5.91 Å². The van der Waals surface area contributed by atoms with Gasteiger partial charge in [-0.15, -0.1) is 0 Å². The predicted molar refractivity (Wildman–Crippen MR) is 99.5 cm³/mol. The number of halogens is 1. The van der Waals surface area contributed by atoms with Crippen LogP contribution in [-0.4, -0.2) is 29.0 Å². The van der Waals surface area contributed by atoms with Gasteiger partial charge in [-0.2, -0.15) is 0 Å². The molecule has 0 saturated carbocycles. The van der Waals surface area contributed by atoms with Crippen LogP contribution in [0.1, 0.15) is 35.8 Å². The van der Waals surface area contributed by atoms with Crippen LogP contribution in [0, 0.1) is 12.8 Å². The standard InChI is InChI=1S/C18H21BrN4O/c1-12-4-3-7-23(11-12)17-10-20-16(9-21-17)18(24)22-14-6-5-13(2)15(19)8-14/h5-6,8-10,12H,3-4,7,11H2,1-2H3,(H,22,24). The van der Waals surface area contributed by atoms with E-state index in [2.05, 4.69) is 43.0 Å². The Hall–Kier alpha value is -1.95. The number of piperidine rings is 1. The van der Waals surface area contributed by atoms with Crippen LogP contribution < -0.4 is 10.2 Å². The molecular weight excluding hydrogens is 368 g/mol. The zero-order chi connectivity index (χ0) is 17.1. The summed E-state index contributed by atoms with van der Waals surface area (Å²) in [6.07, 6.45) is 5.68. The Labute approximate surface area is 150 Å². The second-order valence-electron chi connectivity index (χ2n) is 6.37. The molecule has 1 fully saturated rings. The molecule has 0 spiro atoms. The first-order valence-electron chi connectivity index (χ1n) is 8.17. The molecule has 5 nitrogen and oxygen atoms in total. The highest BCUT2D eigenvalue weighted by atomic mass is 79.9. The van der Waals surface area contributed by atoms with Gasteiger partial charge in [0.2, 0.25) is 0 Å². The summed E-state index contributed by atoms with van der Waals surface area (Å²) in [6, 6.07) is 5.70. The van der Waals surface area contributed by atoms with Gasteiger partial charge in [-0.05, 0) is 43.4 Å². The van der Waals surface area contributed by atoms with Gasteiger partial charge in [-0.1, -0.05) is 28.9 Å². The molecule has 1 N–H and O–H groups in total. The van der Waals surface area contributed by atoms with Gasteiger partial charge in [-0.25, -0.2) is 9.97 Å². The number of nitrogens with zero attached hydrogens (tertiary/aromatic N) is 3. The number of hydrogen-bond donors (Lipinski definition) is 1. The number of anilines is 2. The summed E-state index contributed by atoms with van der Waals surface area (Å²) in [7, 11) is 0. The highest BCUT2D eigenvalue weighted by molar-refractivity contribution is 9.10. The molecule has 24 heavy (non-hydrogen) atoms. The van der Waals surface area contributed by atoms with E-state index >= 15 is 0 Å². The van der Waals surface area contributed by atoms with Crippen LogP contribution in [-0.2, 0) is 0 Å². The topological polar surface area (TPSA) is 58.1 Å². The first-order valence-corrected chi connectivity index (χ1v) is 8.97. The Morgan fingerprint density at radius 3 is 2.83 bits per heavy atom. The van der Waals surface area contributed by atoms with E-state index in [0.717, 1.165) is 34.6 Å². The van der Waals surface area contributed by atoms with E-state index < -0.39 is 0 Å². The van der Waals surface area contributed by atoms with Gasteiger partial charge >= 0.3 is 0 Å². The number of amides is 1. The second kappa shape index (κ2) is 7.30. The molecule has 1 aliphatic rings. The highest BCUT2D eigenvalue weighted by Crippen LogP contribution is 2.22. The smallest absolute Gasteiger partial charge is 0.275 e. The maximum absolute atomic E-state index is 12.3. The SMILES string of the molecule is Cc1ccc(NC(=O)c2cnc(N3CCCC(C)C3)cn2)cc1Br. The van der Waals surface area contributed by atoms with Crippen LogP contribution >= 0.6 is 15.9 Å². The number of rotatable bonds is 3. The van der Waals surface area contributed by atoms with Crippen LogP contribution in [0.25, 0.3) is 0 Å². The number of hydrogen-bond acceptors (Lipinski definition) is 4. The molecule has 1 aliphatic heterocycles. The van der Waals surface area contributed by atoms with Crippen molar-refractivity contribution in [3.63, 3.8) is 0 Å². The Bertz CT molecular complexity index is 732. The lowest BCUT2D eigenvalue weighted by molar-refractivity contribution is 0.102. The predicted octanol–water partition coefficient (Wildman–Crippen LogP) is 4.04. The summed E-state index contributed by atoms with van der Waals surface area (Å²) in [5.74, 6) is 1.26. The van der Waals surface area contributed by atoms with Crippen LogP contribution in [0.4, 0.5) is 11.5 Å². The lowest BCUT2D eigenvalue weighted by Crippen LogP contribution is -2.35. The van der Waals surface area contributed by atoms with E-state index in [-0.39, 0.29) is 5.91 Å². The van der Waals surface area contributed by atoms with Gasteiger partial charge < -0.3 is 10.2 Å². The fourth-order valence-electron chi connectivity index (χ4n) is 2.87. The molecule has 6 heteroatoms. The minimum Gasteiger partial charge on any atom is -0.355 e. The third-order valence-electron chi connectivity index (χ3n) is 4.28. The number of nitrogens with one attached hydrogen (secondary N) is 1. The molecule has 1 amide bonds. The van der Waals surface area contributed by atoms with Gasteiger partial charge in [0, 0.05) is 23.2 Å². The zero-order valence-corrected chi connectivity index (χ0v) is 15.5. The van der Waals surface area contributed by atoms with Gasteiger partial charge in [-0.3, -0.25) is 4.79 Å². The van der Waals surface area contributed by atoms with Gasteiger partial charge in [0.1, 0.15) is 11.5 Å². The normalized spacial score (nSPS) is 17.6. The summed E-state index contributed by atoms with van der Waals surface area (Å²) in [4.78, 5) is 23.3. The largest absolute Gasteiger partial charge is 0.355 e. The quantitative estimate of drug-likeness (QED) is 0.861. The summed E-state index contributed by atoms with van der Waals surface area (Å²) in [6.45, 7) is 6.25. The van der Waals surface area contributed by atoms with Crippen molar-refractivity contribution >= 4 is 33.3 Å². The minimum atomic E-state index is -0.253. The second-order valence-corrected chi connectivity index (χ2v) is 7.23. The van der Waals surface area contributed by atoms with Crippen LogP contribution in [0.15, 0.2) is 35.1 Å². The lowest BCUT2D eigenvalue weighted by Gasteiger charge is -2.31. The molecule has 1 aromatic heterocycles. The Morgan fingerprint density at radius 2 is 2.17 bits per heavy atom. The number of aryl methyl sites for hydroxylation is 1. The third-order valence-corrected chi connectivity index (χ3v) is 5.14. The highest BCUT2D eigenvalue weighted by Gasteiger charge is 2.18. The number of carbonyl (C=O) groups is 1. The van der Waals surface area contributed by atoms with E-state index in [1.165, 1.54) is 12.8 Å². The molecule has 1 aromatic carbocycles. The minimum absolute atomic E-state index is 0.253. The van der Waals surface area contributed by atoms with Crippen molar-refractivity contribution in [2.75, 3.05) is 23.3 Å². The van der Waals surface area contributed by atoms with E-state index in [4.69, 9.17) is 0 Å². The van der Waals surface area contributed by atoms with Gasteiger partial charge in [0.05, 0.1) is 12.4 Å². The van der Waals surface area contributed by atoms with Crippen molar-refractivity contribution in [2.45, 2.75) is 26.7 Å². The maximum Gasteiger partial charge on any atom is 0.275 e. The molecule has 3 rings (SSSR count). The van der Waals surface area contributed by atoms with Crippen molar-refractivity contribution in [1.82, 2.24) is 9.97 Å². The van der Waals surface area contributed by atoms with Crippen molar-refractivity contribution in [1.29, 1.82) is 0 Å². The average Bonchev–Trinajstić information content (AvgIpc) is 2.58. The molecular formula is C18H21BrN4O. The van der Waals surface area contributed by atoms with E-state index in [0.29, 0.717) is 11.6 Å². The van der Waals surface area contributed by atoms with E-state index in [1.807, 2.05) is 25.1 Å². The summed E-state index contributed by atoms with van der Waals surface area (Å²) in [5, 5.41) is 2.85. The monoisotopic (exact) mass is 388 g/mol. The molecule has 2 aromatic rings. The van der Waals surface area contributed by atoms with Gasteiger partial charge in [0.15, 0.2) is 0 Å². The summed E-state index contributed by atoms with van der Waals surface area (Å²) >= 11 is 3.47. The molecule has 1 atom stereocenters. The number of aromatic nitrogens is 2. The first kappa shape index (κ1) is 16.9. The van der Waals surface area contributed by atoms with E-state index in [9.17, 15) is 4.79 Å². The maximum atomic E-state index is 12.3. The Morgan fingerprint density at radius 1 is 1.33 bits per heavy atom. The Kier molecular flexibility index (Phi) is 5.14. The molecule has 0 aliphatic carbocycles. The average molecular weight is 389 g/mol. The van der Waals surface area contributed by atoms with Crippen LogP contribution in [0.3, 0.4) is 0 Å². The number of benzene rings is 1. The molecule has 0 radical (unpaired) electrons. The van der Waals surface area contributed by atoms with Crippen molar-refractivity contribution in [2.24, 2.45) is 5.92 Å². The molecule has 2 heterocycles. The van der Waals surface area contributed by atoms with Crippen molar-refractivity contribution in [3.8, 4) is 0 Å². The third kappa shape index (κ3) is 3.93.